The summed E-state index contributed by atoms with van der Waals surface area (Å²) < 4.78 is 22.0. The molecule has 1 heterocycles. The number of nitrogens with zero attached hydrogens (tertiary/aromatic N) is 1. The SMILES string of the molecule is CCc1cccc2c(C(CC(=O)N(C)CCc3ccc(OC)c(OC)c3)c3ccc(OC)cc3OC)c[nH]c12. The summed E-state index contributed by atoms with van der Waals surface area (Å²) in [6.07, 6.45) is 3.96. The van der Waals surface area contributed by atoms with Gasteiger partial charge < -0.3 is 28.8 Å². The van der Waals surface area contributed by atoms with Gasteiger partial charge in [0.2, 0.25) is 5.91 Å². The van der Waals surface area contributed by atoms with Gasteiger partial charge >= 0.3 is 0 Å². The summed E-state index contributed by atoms with van der Waals surface area (Å²) in [5.41, 5.74) is 5.46. The molecule has 1 atom stereocenters. The van der Waals surface area contributed by atoms with Gasteiger partial charge in [-0.1, -0.05) is 37.3 Å². The molecule has 0 bridgehead atoms. The second-order valence-corrected chi connectivity index (χ2v) is 9.56. The number of ether oxygens (including phenoxy) is 4. The third kappa shape index (κ3) is 5.98. The van der Waals surface area contributed by atoms with Gasteiger partial charge in [-0.05, 0) is 47.7 Å². The number of H-pyrrole nitrogens is 1. The number of likely N-dealkylation sites (N-methyl/N-ethyl adjacent to an activating group) is 1. The number of carbonyl (C=O) groups excluding carboxylic acids is 1. The molecule has 1 N–H and O–H groups in total. The summed E-state index contributed by atoms with van der Waals surface area (Å²) in [6.45, 7) is 2.73. The van der Waals surface area contributed by atoms with Crippen LogP contribution in [0.5, 0.6) is 23.0 Å². The molecule has 0 radical (unpaired) electrons. The predicted molar refractivity (Wildman–Crippen MR) is 155 cm³/mol. The number of rotatable bonds is 12. The van der Waals surface area contributed by atoms with Crippen molar-refractivity contribution in [2.75, 3.05) is 42.0 Å². The minimum Gasteiger partial charge on any atom is -0.497 e. The summed E-state index contributed by atoms with van der Waals surface area (Å²) in [5, 5.41) is 1.12. The Kier molecular flexibility index (Phi) is 9.02. The standard InChI is InChI=1S/C32H38N2O5/c1-7-22-9-8-10-25-27(20-33-32(22)25)26(24-13-12-23(36-3)18-29(24)38-5)19-31(35)34(2)16-15-21-11-14-28(37-4)30(17-21)39-6/h8-14,17-18,20,26,33H,7,15-16,19H2,1-6H3. The van der Waals surface area contributed by atoms with Crippen LogP contribution in [0.2, 0.25) is 0 Å². The maximum Gasteiger partial charge on any atom is 0.223 e. The minimum atomic E-state index is -0.206. The van der Waals surface area contributed by atoms with Crippen molar-refractivity contribution in [1.82, 2.24) is 9.88 Å². The van der Waals surface area contributed by atoms with Crippen LogP contribution in [0.3, 0.4) is 0 Å². The van der Waals surface area contributed by atoms with E-state index in [1.165, 1.54) is 5.56 Å². The molecule has 3 aromatic carbocycles. The number of aryl methyl sites for hydroxylation is 1. The van der Waals surface area contributed by atoms with Gasteiger partial charge in [-0.3, -0.25) is 4.79 Å². The van der Waals surface area contributed by atoms with Crippen molar-refractivity contribution < 1.29 is 23.7 Å². The first kappa shape index (κ1) is 27.9. The van der Waals surface area contributed by atoms with Crippen LogP contribution < -0.4 is 18.9 Å². The van der Waals surface area contributed by atoms with Crippen LogP contribution in [-0.2, 0) is 17.6 Å². The van der Waals surface area contributed by atoms with Gasteiger partial charge in [0, 0.05) is 54.7 Å². The van der Waals surface area contributed by atoms with E-state index >= 15 is 0 Å². The summed E-state index contributed by atoms with van der Waals surface area (Å²) in [6, 6.07) is 18.0. The third-order valence-electron chi connectivity index (χ3n) is 7.39. The highest BCUT2D eigenvalue weighted by atomic mass is 16.5. The average Bonchev–Trinajstić information content (AvgIpc) is 3.42. The first-order chi connectivity index (χ1) is 18.9. The highest BCUT2D eigenvalue weighted by Gasteiger charge is 2.26. The number of aromatic amines is 1. The quantitative estimate of drug-likeness (QED) is 0.244. The Morgan fingerprint density at radius 1 is 0.872 bits per heavy atom. The van der Waals surface area contributed by atoms with Gasteiger partial charge in [0.25, 0.3) is 0 Å². The van der Waals surface area contributed by atoms with E-state index in [4.69, 9.17) is 18.9 Å². The summed E-state index contributed by atoms with van der Waals surface area (Å²) >= 11 is 0. The fourth-order valence-corrected chi connectivity index (χ4v) is 5.10. The third-order valence-corrected chi connectivity index (χ3v) is 7.39. The molecule has 4 rings (SSSR count). The molecule has 0 aliphatic heterocycles. The molecular weight excluding hydrogens is 492 g/mol. The van der Waals surface area contributed by atoms with Gasteiger partial charge in [0.05, 0.1) is 28.4 Å². The number of methoxy groups -OCH3 is 4. The monoisotopic (exact) mass is 530 g/mol. The number of hydrogen-bond donors (Lipinski definition) is 1. The van der Waals surface area contributed by atoms with Crippen LogP contribution in [0.1, 0.15) is 41.5 Å². The lowest BCUT2D eigenvalue weighted by atomic mass is 9.86. The normalized spacial score (nSPS) is 11.7. The Balaban J connectivity index is 1.63. The van der Waals surface area contributed by atoms with E-state index in [0.29, 0.717) is 42.4 Å². The Bertz CT molecular complexity index is 1430. The molecular formula is C32H38N2O5. The second-order valence-electron chi connectivity index (χ2n) is 9.56. The number of amides is 1. The number of fused-ring (bicyclic) bond motifs is 1. The molecule has 4 aromatic rings. The number of benzene rings is 3. The molecule has 206 valence electrons. The average molecular weight is 531 g/mol. The lowest BCUT2D eigenvalue weighted by Crippen LogP contribution is -2.30. The molecule has 7 nitrogen and oxygen atoms in total. The maximum absolute atomic E-state index is 13.7. The van der Waals surface area contributed by atoms with Crippen LogP contribution in [0, 0.1) is 0 Å². The molecule has 0 aliphatic carbocycles. The van der Waals surface area contributed by atoms with E-state index in [1.54, 1.807) is 33.3 Å². The molecule has 0 spiro atoms. The Morgan fingerprint density at radius 3 is 2.33 bits per heavy atom. The van der Waals surface area contributed by atoms with Crippen molar-refractivity contribution in [2.45, 2.75) is 32.1 Å². The van der Waals surface area contributed by atoms with Gasteiger partial charge in [-0.15, -0.1) is 0 Å². The zero-order valence-electron chi connectivity index (χ0n) is 23.7. The molecule has 0 aliphatic rings. The highest BCUT2D eigenvalue weighted by Crippen LogP contribution is 2.40. The fraction of sp³-hybridized carbons (Fsp3) is 0.344. The van der Waals surface area contributed by atoms with Gasteiger partial charge in [-0.2, -0.15) is 0 Å². The maximum atomic E-state index is 13.7. The molecule has 39 heavy (non-hydrogen) atoms. The zero-order chi connectivity index (χ0) is 27.9. The topological polar surface area (TPSA) is 73.0 Å². The largest absolute Gasteiger partial charge is 0.497 e. The van der Waals surface area contributed by atoms with E-state index in [2.05, 4.69) is 30.1 Å². The van der Waals surface area contributed by atoms with Crippen molar-refractivity contribution in [2.24, 2.45) is 0 Å². The van der Waals surface area contributed by atoms with E-state index < -0.39 is 0 Å². The zero-order valence-corrected chi connectivity index (χ0v) is 23.7. The lowest BCUT2D eigenvalue weighted by Gasteiger charge is -2.24. The van der Waals surface area contributed by atoms with Gasteiger partial charge in [-0.25, -0.2) is 0 Å². The van der Waals surface area contributed by atoms with Crippen LogP contribution >= 0.6 is 0 Å². The van der Waals surface area contributed by atoms with Crippen LogP contribution in [0.25, 0.3) is 10.9 Å². The highest BCUT2D eigenvalue weighted by molar-refractivity contribution is 5.88. The van der Waals surface area contributed by atoms with E-state index in [0.717, 1.165) is 34.0 Å². The fourth-order valence-electron chi connectivity index (χ4n) is 5.10. The summed E-state index contributed by atoms with van der Waals surface area (Å²) in [4.78, 5) is 18.9. The molecule has 0 saturated heterocycles. The van der Waals surface area contributed by atoms with Crippen LogP contribution in [0.15, 0.2) is 60.8 Å². The molecule has 0 fully saturated rings. The Hall–Kier alpha value is -4.13. The van der Waals surface area contributed by atoms with Gasteiger partial charge in [0.1, 0.15) is 11.5 Å². The van der Waals surface area contributed by atoms with Crippen molar-refractivity contribution in [1.29, 1.82) is 0 Å². The minimum absolute atomic E-state index is 0.0549. The van der Waals surface area contributed by atoms with Crippen molar-refractivity contribution >= 4 is 16.8 Å². The second kappa shape index (κ2) is 12.6. The number of nitrogens with one attached hydrogen (secondary N) is 1. The first-order valence-electron chi connectivity index (χ1n) is 13.2. The van der Waals surface area contributed by atoms with Crippen LogP contribution in [0.4, 0.5) is 0 Å². The molecule has 1 aromatic heterocycles. The molecule has 1 unspecified atom stereocenters. The number of hydrogen-bond acceptors (Lipinski definition) is 5. The number of para-hydroxylation sites is 1. The van der Waals surface area contributed by atoms with E-state index in [9.17, 15) is 4.79 Å². The van der Waals surface area contributed by atoms with Crippen LogP contribution in [-0.4, -0.2) is 57.8 Å². The van der Waals surface area contributed by atoms with E-state index in [1.807, 2.05) is 49.6 Å². The molecule has 7 heteroatoms. The summed E-state index contributed by atoms with van der Waals surface area (Å²) in [7, 11) is 8.38. The molecule has 1 amide bonds. The Labute approximate surface area is 230 Å². The smallest absolute Gasteiger partial charge is 0.223 e. The number of carbonyl (C=O) groups is 1. The summed E-state index contributed by atoms with van der Waals surface area (Å²) in [5.74, 6) is 2.62. The van der Waals surface area contributed by atoms with Crippen molar-refractivity contribution in [3.63, 3.8) is 0 Å². The lowest BCUT2D eigenvalue weighted by molar-refractivity contribution is -0.130. The van der Waals surface area contributed by atoms with Crippen molar-refractivity contribution in [3.8, 4) is 23.0 Å². The number of aromatic nitrogens is 1. The van der Waals surface area contributed by atoms with Gasteiger partial charge in [0.15, 0.2) is 11.5 Å². The Morgan fingerprint density at radius 2 is 1.64 bits per heavy atom. The van der Waals surface area contributed by atoms with E-state index in [-0.39, 0.29) is 11.8 Å². The first-order valence-corrected chi connectivity index (χ1v) is 13.2. The predicted octanol–water partition coefficient (Wildman–Crippen LogP) is 5.99. The molecule has 0 saturated carbocycles. The van der Waals surface area contributed by atoms with Crippen molar-refractivity contribution in [3.05, 3.63) is 83.0 Å².